The van der Waals surface area contributed by atoms with Crippen LogP contribution in [0.3, 0.4) is 0 Å². The number of hydrogen-bond donors (Lipinski definition) is 0. The molecule has 0 aliphatic rings. The molecule has 0 saturated carbocycles. The molecule has 0 amide bonds. The van der Waals surface area contributed by atoms with Crippen molar-refractivity contribution in [3.05, 3.63) is 66.1 Å². The molecule has 26 heavy (non-hydrogen) atoms. The molecule has 0 saturated heterocycles. The molecule has 4 aromatic rings. The van der Waals surface area contributed by atoms with Crippen LogP contribution >= 0.6 is 11.8 Å². The highest BCUT2D eigenvalue weighted by Gasteiger charge is 2.16. The Morgan fingerprint density at radius 2 is 1.81 bits per heavy atom. The maximum Gasteiger partial charge on any atom is 0.191 e. The fourth-order valence-electron chi connectivity index (χ4n) is 3.09. The fraction of sp³-hybridized carbons (Fsp3) is 0.200. The predicted octanol–water partition coefficient (Wildman–Crippen LogP) is 4.89. The Balaban J connectivity index is 1.64. The molecular weight excluding hydrogens is 347 g/mol. The van der Waals surface area contributed by atoms with E-state index in [0.29, 0.717) is 0 Å². The first-order valence-corrected chi connectivity index (χ1v) is 9.51. The average Bonchev–Trinajstić information content (AvgIpc) is 3.21. The van der Waals surface area contributed by atoms with E-state index in [1.807, 2.05) is 17.7 Å². The van der Waals surface area contributed by atoms with Crippen molar-refractivity contribution in [2.75, 3.05) is 0 Å². The minimum absolute atomic E-state index is 0.216. The first-order chi connectivity index (χ1) is 12.7. The summed E-state index contributed by atoms with van der Waals surface area (Å²) in [6, 6.07) is 14.9. The summed E-state index contributed by atoms with van der Waals surface area (Å²) in [5.74, 6) is 1.37. The number of para-hydroxylation sites is 1. The monoisotopic (exact) mass is 366 g/mol. The van der Waals surface area contributed by atoms with Crippen LogP contribution in [0.4, 0.5) is 4.39 Å². The standard InChI is InChI=1S/C20H19FN4S/c1-3-25-12-17(16-6-4-5-7-18(16)25)19-22-23-20(24(19)2)26-13-14-8-10-15(21)11-9-14/h4-12H,3,13H2,1-2H3. The summed E-state index contributed by atoms with van der Waals surface area (Å²) >= 11 is 1.60. The Bertz CT molecular complexity index is 1050. The van der Waals surface area contributed by atoms with Crippen molar-refractivity contribution in [3.63, 3.8) is 0 Å². The van der Waals surface area contributed by atoms with Crippen molar-refractivity contribution in [2.45, 2.75) is 24.4 Å². The molecule has 0 spiro atoms. The quantitative estimate of drug-likeness (QED) is 0.472. The molecule has 0 radical (unpaired) electrons. The van der Waals surface area contributed by atoms with Crippen LogP contribution in [-0.4, -0.2) is 19.3 Å². The van der Waals surface area contributed by atoms with E-state index in [-0.39, 0.29) is 5.82 Å². The highest BCUT2D eigenvalue weighted by molar-refractivity contribution is 7.98. The molecule has 0 N–H and O–H groups in total. The predicted molar refractivity (Wildman–Crippen MR) is 104 cm³/mol. The minimum atomic E-state index is -0.216. The lowest BCUT2D eigenvalue weighted by molar-refractivity contribution is 0.627. The molecule has 0 aliphatic heterocycles. The topological polar surface area (TPSA) is 35.6 Å². The summed E-state index contributed by atoms with van der Waals surface area (Å²) in [6.45, 7) is 3.04. The normalized spacial score (nSPS) is 11.3. The van der Waals surface area contributed by atoms with Crippen molar-refractivity contribution in [1.29, 1.82) is 0 Å². The fourth-order valence-corrected chi connectivity index (χ4v) is 3.96. The van der Waals surface area contributed by atoms with Gasteiger partial charge in [0.15, 0.2) is 11.0 Å². The van der Waals surface area contributed by atoms with Gasteiger partial charge < -0.3 is 9.13 Å². The molecule has 0 atom stereocenters. The Labute approximate surface area is 155 Å². The second-order valence-electron chi connectivity index (χ2n) is 6.13. The lowest BCUT2D eigenvalue weighted by Crippen LogP contribution is -1.95. The van der Waals surface area contributed by atoms with Gasteiger partial charge in [-0.15, -0.1) is 10.2 Å². The highest BCUT2D eigenvalue weighted by Crippen LogP contribution is 2.31. The van der Waals surface area contributed by atoms with E-state index >= 15 is 0 Å². The van der Waals surface area contributed by atoms with Gasteiger partial charge in [0.25, 0.3) is 0 Å². The Kier molecular flexibility index (Phi) is 4.51. The summed E-state index contributed by atoms with van der Waals surface area (Å²) in [5.41, 5.74) is 3.35. The zero-order valence-corrected chi connectivity index (χ0v) is 15.5. The molecule has 132 valence electrons. The summed E-state index contributed by atoms with van der Waals surface area (Å²) < 4.78 is 17.3. The lowest BCUT2D eigenvalue weighted by atomic mass is 10.1. The van der Waals surface area contributed by atoms with Crippen molar-refractivity contribution in [1.82, 2.24) is 19.3 Å². The minimum Gasteiger partial charge on any atom is -0.347 e. The van der Waals surface area contributed by atoms with Crippen molar-refractivity contribution in [2.24, 2.45) is 7.05 Å². The van der Waals surface area contributed by atoms with E-state index in [1.54, 1.807) is 23.9 Å². The Morgan fingerprint density at radius 1 is 1.04 bits per heavy atom. The summed E-state index contributed by atoms with van der Waals surface area (Å²) in [7, 11) is 1.99. The maximum absolute atomic E-state index is 13.0. The van der Waals surface area contributed by atoms with Gasteiger partial charge in [-0.1, -0.05) is 42.1 Å². The Morgan fingerprint density at radius 3 is 2.58 bits per heavy atom. The molecule has 6 heteroatoms. The number of fused-ring (bicyclic) bond motifs is 1. The van der Waals surface area contributed by atoms with Gasteiger partial charge in [-0.25, -0.2) is 4.39 Å². The van der Waals surface area contributed by atoms with E-state index in [1.165, 1.54) is 23.0 Å². The third-order valence-electron chi connectivity index (χ3n) is 4.49. The summed E-state index contributed by atoms with van der Waals surface area (Å²) in [4.78, 5) is 0. The van der Waals surface area contributed by atoms with Gasteiger partial charge in [0.05, 0.1) is 0 Å². The molecule has 2 aromatic carbocycles. The SMILES string of the molecule is CCn1cc(-c2nnc(SCc3ccc(F)cc3)n2C)c2ccccc21. The van der Waals surface area contributed by atoms with Crippen LogP contribution < -0.4 is 0 Å². The van der Waals surface area contributed by atoms with Crippen molar-refractivity contribution in [3.8, 4) is 11.4 Å². The van der Waals surface area contributed by atoms with E-state index in [2.05, 4.69) is 46.1 Å². The molecular formula is C20H19FN4S. The Hall–Kier alpha value is -2.60. The first-order valence-electron chi connectivity index (χ1n) is 8.52. The number of thioether (sulfide) groups is 1. The van der Waals surface area contributed by atoms with Gasteiger partial charge in [0.1, 0.15) is 5.82 Å². The van der Waals surface area contributed by atoms with E-state index in [0.717, 1.165) is 34.4 Å². The third kappa shape index (κ3) is 3.01. The summed E-state index contributed by atoms with van der Waals surface area (Å²) in [6.07, 6.45) is 2.14. The largest absolute Gasteiger partial charge is 0.347 e. The van der Waals surface area contributed by atoms with Crippen LogP contribution in [0, 0.1) is 5.82 Å². The van der Waals surface area contributed by atoms with Crippen LogP contribution in [-0.2, 0) is 19.3 Å². The zero-order chi connectivity index (χ0) is 18.1. The maximum atomic E-state index is 13.0. The molecule has 2 heterocycles. The van der Waals surface area contributed by atoms with Crippen LogP contribution in [0.5, 0.6) is 0 Å². The number of halogens is 1. The highest BCUT2D eigenvalue weighted by atomic mass is 32.2. The van der Waals surface area contributed by atoms with Gasteiger partial charge in [-0.2, -0.15) is 0 Å². The number of hydrogen-bond acceptors (Lipinski definition) is 3. The molecule has 0 unspecified atom stereocenters. The molecule has 0 fully saturated rings. The molecule has 0 bridgehead atoms. The van der Waals surface area contributed by atoms with Crippen LogP contribution in [0.2, 0.25) is 0 Å². The van der Waals surface area contributed by atoms with Gasteiger partial charge in [0.2, 0.25) is 0 Å². The van der Waals surface area contributed by atoms with Gasteiger partial charge in [0, 0.05) is 42.0 Å². The van der Waals surface area contributed by atoms with E-state index in [9.17, 15) is 4.39 Å². The molecule has 4 rings (SSSR count). The van der Waals surface area contributed by atoms with Gasteiger partial charge in [-0.05, 0) is 30.7 Å². The van der Waals surface area contributed by atoms with Crippen molar-refractivity contribution >= 4 is 22.7 Å². The second-order valence-corrected chi connectivity index (χ2v) is 7.07. The van der Waals surface area contributed by atoms with Gasteiger partial charge in [-0.3, -0.25) is 0 Å². The smallest absolute Gasteiger partial charge is 0.191 e. The summed E-state index contributed by atoms with van der Waals surface area (Å²) in [5, 5.41) is 10.8. The zero-order valence-electron chi connectivity index (χ0n) is 14.7. The van der Waals surface area contributed by atoms with Crippen molar-refractivity contribution < 1.29 is 4.39 Å². The lowest BCUT2D eigenvalue weighted by Gasteiger charge is -2.03. The third-order valence-corrected chi connectivity index (χ3v) is 5.58. The molecule has 2 aromatic heterocycles. The number of nitrogens with zero attached hydrogens (tertiary/aromatic N) is 4. The van der Waals surface area contributed by atoms with E-state index < -0.39 is 0 Å². The van der Waals surface area contributed by atoms with E-state index in [4.69, 9.17) is 0 Å². The number of rotatable bonds is 5. The first kappa shape index (κ1) is 16.8. The number of benzene rings is 2. The average molecular weight is 366 g/mol. The van der Waals surface area contributed by atoms with Gasteiger partial charge >= 0.3 is 0 Å². The van der Waals surface area contributed by atoms with Crippen LogP contribution in [0.25, 0.3) is 22.3 Å². The number of aryl methyl sites for hydroxylation is 1. The second kappa shape index (κ2) is 6.96. The number of aromatic nitrogens is 4. The van der Waals surface area contributed by atoms with Crippen LogP contribution in [0.1, 0.15) is 12.5 Å². The molecule has 4 nitrogen and oxygen atoms in total. The van der Waals surface area contributed by atoms with Crippen LogP contribution in [0.15, 0.2) is 59.9 Å². The molecule has 0 aliphatic carbocycles.